The Hall–Kier alpha value is -0.763. The molecule has 5 nitrogen and oxygen atoms in total. The third-order valence-electron chi connectivity index (χ3n) is 3.83. The minimum Gasteiger partial charge on any atom is -0.411 e. The smallest absolute Gasteiger partial charge is 0.272 e. The van der Waals surface area contributed by atoms with E-state index in [4.69, 9.17) is 4.43 Å². The zero-order valence-corrected chi connectivity index (χ0v) is 15.5. The number of aromatic nitrogens is 1. The second-order valence-corrected chi connectivity index (χ2v) is 13.1. The van der Waals surface area contributed by atoms with E-state index in [0.29, 0.717) is 12.3 Å². The van der Waals surface area contributed by atoms with Crippen LogP contribution in [0.3, 0.4) is 0 Å². The molecular weight excluding hydrogens is 306 g/mol. The molecule has 120 valence electrons. The fourth-order valence-corrected chi connectivity index (χ4v) is 2.98. The zero-order chi connectivity index (χ0) is 16.3. The summed E-state index contributed by atoms with van der Waals surface area (Å²) in [6.07, 6.45) is 0. The lowest BCUT2D eigenvalue weighted by Crippen LogP contribution is -2.40. The van der Waals surface area contributed by atoms with Crippen molar-refractivity contribution in [3.8, 4) is 0 Å². The Morgan fingerprint density at radius 2 is 1.76 bits per heavy atom. The van der Waals surface area contributed by atoms with Gasteiger partial charge in [0.15, 0.2) is 8.32 Å². The first-order valence-electron chi connectivity index (χ1n) is 6.84. The van der Waals surface area contributed by atoms with Crippen LogP contribution < -0.4 is 0 Å². The molecular formula is C14H25NO4SSi. The molecule has 21 heavy (non-hydrogen) atoms. The molecule has 0 saturated carbocycles. The summed E-state index contributed by atoms with van der Waals surface area (Å²) in [7, 11) is -4.24. The number of nitrogens with zero attached hydrogens (tertiary/aromatic N) is 1. The van der Waals surface area contributed by atoms with E-state index in [0.717, 1.165) is 12.8 Å². The Bertz CT molecular complexity index is 579. The van der Waals surface area contributed by atoms with Gasteiger partial charge in [-0.05, 0) is 30.3 Å². The van der Waals surface area contributed by atoms with Gasteiger partial charge in [-0.25, -0.2) is 0 Å². The average Bonchev–Trinajstić information content (AvgIpc) is 2.35. The van der Waals surface area contributed by atoms with Gasteiger partial charge >= 0.3 is 0 Å². The van der Waals surface area contributed by atoms with E-state index in [-0.39, 0.29) is 10.8 Å². The predicted octanol–water partition coefficient (Wildman–Crippen LogP) is 3.08. The molecule has 0 aliphatic heterocycles. The minimum atomic E-state index is -3.55. The molecule has 1 heterocycles. The summed E-state index contributed by atoms with van der Waals surface area (Å²) in [6, 6.07) is 5.31. The molecule has 1 rings (SSSR count). The third-order valence-corrected chi connectivity index (χ3v) is 9.47. The van der Waals surface area contributed by atoms with E-state index < -0.39 is 18.4 Å². The number of hydrogen-bond acceptors (Lipinski definition) is 5. The highest BCUT2D eigenvalue weighted by Gasteiger charge is 2.37. The van der Waals surface area contributed by atoms with E-state index in [1.807, 2.05) is 6.07 Å². The van der Waals surface area contributed by atoms with Gasteiger partial charge in [-0.3, -0.25) is 9.17 Å². The molecule has 7 heteroatoms. The summed E-state index contributed by atoms with van der Waals surface area (Å²) in [4.78, 5) is 4.33. The molecule has 0 spiro atoms. The molecule has 0 bridgehead atoms. The minimum absolute atomic E-state index is 0.129. The van der Waals surface area contributed by atoms with E-state index in [2.05, 4.69) is 43.0 Å². The molecule has 0 amide bonds. The van der Waals surface area contributed by atoms with Crippen LogP contribution in [0.5, 0.6) is 0 Å². The molecule has 0 aliphatic carbocycles. The van der Waals surface area contributed by atoms with Crippen LogP contribution in [0.2, 0.25) is 18.1 Å². The Labute approximate surface area is 129 Å². The fraction of sp³-hybridized carbons (Fsp3) is 0.643. The maximum absolute atomic E-state index is 11.4. The highest BCUT2D eigenvalue weighted by Crippen LogP contribution is 2.36. The highest BCUT2D eigenvalue weighted by atomic mass is 32.2. The third kappa shape index (κ3) is 5.50. The molecule has 0 fully saturated rings. The Balaban J connectivity index is 2.79. The van der Waals surface area contributed by atoms with Gasteiger partial charge in [0, 0.05) is 0 Å². The summed E-state index contributed by atoms with van der Waals surface area (Å²) >= 11 is 0. The first-order valence-corrected chi connectivity index (χ1v) is 11.3. The van der Waals surface area contributed by atoms with Gasteiger partial charge < -0.3 is 4.43 Å². The highest BCUT2D eigenvalue weighted by molar-refractivity contribution is 7.85. The van der Waals surface area contributed by atoms with Crippen molar-refractivity contribution in [3.05, 3.63) is 29.6 Å². The number of rotatable bonds is 6. The van der Waals surface area contributed by atoms with Crippen LogP contribution in [0.25, 0.3) is 0 Å². The maximum atomic E-state index is 11.4. The molecule has 0 atom stereocenters. The van der Waals surface area contributed by atoms with E-state index in [1.165, 1.54) is 0 Å². The van der Waals surface area contributed by atoms with E-state index >= 15 is 0 Å². The molecule has 0 N–H and O–H groups in total. The number of hydrogen-bond donors (Lipinski definition) is 0. The Kier molecular flexibility index (Phi) is 5.71. The lowest BCUT2D eigenvalue weighted by molar-refractivity contribution is 0.272. The van der Waals surface area contributed by atoms with Gasteiger partial charge in [-0.15, -0.1) is 0 Å². The summed E-state index contributed by atoms with van der Waals surface area (Å²) in [6.45, 7) is 11.3. The Morgan fingerprint density at radius 1 is 1.19 bits per heavy atom. The standard InChI is InChI=1S/C14H25NO4SSi/c1-14(2,3)21(5,6)19-10-12-8-7-9-13(15-12)11-20(16,17)18-4/h7-9H,10-11H2,1-6H3. The lowest BCUT2D eigenvalue weighted by atomic mass is 10.2. The lowest BCUT2D eigenvalue weighted by Gasteiger charge is -2.36. The van der Waals surface area contributed by atoms with Gasteiger partial charge in [0.25, 0.3) is 10.1 Å². The summed E-state index contributed by atoms with van der Waals surface area (Å²) < 4.78 is 33.4. The first-order chi connectivity index (χ1) is 9.47. The fourth-order valence-electron chi connectivity index (χ4n) is 1.40. The van der Waals surface area contributed by atoms with Crippen molar-refractivity contribution < 1.29 is 17.0 Å². The van der Waals surface area contributed by atoms with Gasteiger partial charge in [-0.2, -0.15) is 8.42 Å². The summed E-state index contributed by atoms with van der Waals surface area (Å²) in [5.41, 5.74) is 1.21. The van der Waals surface area contributed by atoms with Crippen LogP contribution in [0.4, 0.5) is 0 Å². The first kappa shape index (κ1) is 18.3. The van der Waals surface area contributed by atoms with Crippen LogP contribution in [-0.2, 0) is 31.1 Å². The maximum Gasteiger partial charge on any atom is 0.272 e. The Morgan fingerprint density at radius 3 is 2.29 bits per heavy atom. The second-order valence-electron chi connectivity index (χ2n) is 6.54. The normalized spacial score (nSPS) is 13.4. The zero-order valence-electron chi connectivity index (χ0n) is 13.6. The monoisotopic (exact) mass is 331 g/mol. The summed E-state index contributed by atoms with van der Waals surface area (Å²) in [5, 5.41) is 0.129. The van der Waals surface area contributed by atoms with Crippen LogP contribution >= 0.6 is 0 Å². The topological polar surface area (TPSA) is 65.5 Å². The molecule has 0 unspecified atom stereocenters. The van der Waals surface area contributed by atoms with Crippen LogP contribution in [0, 0.1) is 0 Å². The van der Waals surface area contributed by atoms with Gasteiger partial charge in [0.1, 0.15) is 5.75 Å². The van der Waals surface area contributed by atoms with Crippen molar-refractivity contribution in [2.45, 2.75) is 51.3 Å². The average molecular weight is 332 g/mol. The van der Waals surface area contributed by atoms with Crippen molar-refractivity contribution in [1.82, 2.24) is 4.98 Å². The molecule has 0 radical (unpaired) electrons. The predicted molar refractivity (Wildman–Crippen MR) is 85.9 cm³/mol. The van der Waals surface area contributed by atoms with Crippen LogP contribution in [-0.4, -0.2) is 28.8 Å². The quantitative estimate of drug-likeness (QED) is 0.592. The van der Waals surface area contributed by atoms with Crippen molar-refractivity contribution in [1.29, 1.82) is 0 Å². The van der Waals surface area contributed by atoms with Crippen molar-refractivity contribution >= 4 is 18.4 Å². The molecule has 1 aromatic heterocycles. The van der Waals surface area contributed by atoms with E-state index in [1.54, 1.807) is 12.1 Å². The molecule has 0 aromatic carbocycles. The SMILES string of the molecule is COS(=O)(=O)Cc1cccc(CO[Si](C)(C)C(C)(C)C)n1. The van der Waals surface area contributed by atoms with Crippen LogP contribution in [0.1, 0.15) is 32.2 Å². The van der Waals surface area contributed by atoms with Crippen molar-refractivity contribution in [3.63, 3.8) is 0 Å². The van der Waals surface area contributed by atoms with Gasteiger partial charge in [0.2, 0.25) is 0 Å². The number of pyridine rings is 1. The van der Waals surface area contributed by atoms with Crippen molar-refractivity contribution in [2.75, 3.05) is 7.11 Å². The molecule has 0 saturated heterocycles. The molecule has 0 aliphatic rings. The second kappa shape index (κ2) is 6.56. The largest absolute Gasteiger partial charge is 0.411 e. The van der Waals surface area contributed by atoms with Crippen molar-refractivity contribution in [2.24, 2.45) is 0 Å². The van der Waals surface area contributed by atoms with E-state index in [9.17, 15) is 8.42 Å². The van der Waals surface area contributed by atoms with Gasteiger partial charge in [0.05, 0.1) is 25.1 Å². The van der Waals surface area contributed by atoms with Crippen LogP contribution in [0.15, 0.2) is 18.2 Å². The molecule has 1 aromatic rings. The summed E-state index contributed by atoms with van der Waals surface area (Å²) in [5.74, 6) is -0.225. The van der Waals surface area contributed by atoms with Gasteiger partial charge in [-0.1, -0.05) is 26.8 Å².